The number of carbonyl (C=O) groups excluding carboxylic acids is 2. The van der Waals surface area contributed by atoms with Crippen LogP contribution in [-0.4, -0.2) is 35.8 Å². The largest absolute Gasteiger partial charge is 0.460 e. The molecular formula is C11H8F9NO2. The molecule has 0 fully saturated rings. The number of imide groups is 1. The molecule has 0 aromatic rings. The van der Waals surface area contributed by atoms with Gasteiger partial charge in [-0.15, -0.1) is 0 Å². The Hall–Kier alpha value is -1.75. The first kappa shape index (κ1) is 19.3. The van der Waals surface area contributed by atoms with E-state index in [1.54, 1.807) is 5.32 Å². The van der Waals surface area contributed by atoms with Gasteiger partial charge in [-0.2, -0.15) is 39.5 Å². The fraction of sp³-hybridized carbons (Fsp3) is 0.636. The van der Waals surface area contributed by atoms with Crippen molar-refractivity contribution in [2.24, 2.45) is 0 Å². The van der Waals surface area contributed by atoms with E-state index in [0.29, 0.717) is 6.08 Å². The van der Waals surface area contributed by atoms with Gasteiger partial charge in [0.25, 0.3) is 11.8 Å². The molecule has 0 aliphatic carbocycles. The minimum absolute atomic E-state index is 0.364. The van der Waals surface area contributed by atoms with E-state index in [1.807, 2.05) is 0 Å². The molecule has 23 heavy (non-hydrogen) atoms. The van der Waals surface area contributed by atoms with Crippen molar-refractivity contribution in [3.63, 3.8) is 0 Å². The van der Waals surface area contributed by atoms with Crippen molar-refractivity contribution >= 4 is 11.8 Å². The molecule has 0 saturated carbocycles. The third-order valence-electron chi connectivity index (χ3n) is 2.98. The fourth-order valence-corrected chi connectivity index (χ4v) is 1.70. The number of halogens is 9. The molecule has 1 aliphatic heterocycles. The van der Waals surface area contributed by atoms with Crippen molar-refractivity contribution < 1.29 is 49.1 Å². The molecule has 3 nitrogen and oxygen atoms in total. The fourth-order valence-electron chi connectivity index (χ4n) is 1.70. The highest BCUT2D eigenvalue weighted by molar-refractivity contribution is 6.16. The van der Waals surface area contributed by atoms with Gasteiger partial charge in [0.1, 0.15) is 0 Å². The normalized spacial score (nSPS) is 17.3. The Bertz CT molecular complexity index is 536. The van der Waals surface area contributed by atoms with Crippen LogP contribution in [0.3, 0.4) is 0 Å². The van der Waals surface area contributed by atoms with Crippen LogP contribution < -0.4 is 5.32 Å². The van der Waals surface area contributed by atoms with Gasteiger partial charge >= 0.3 is 23.9 Å². The minimum Gasteiger partial charge on any atom is -0.289 e. The van der Waals surface area contributed by atoms with Gasteiger partial charge in [0.2, 0.25) is 0 Å². The Labute approximate surface area is 122 Å². The Balaban J connectivity index is 2.80. The lowest BCUT2D eigenvalue weighted by Crippen LogP contribution is -2.60. The summed E-state index contributed by atoms with van der Waals surface area (Å²) in [7, 11) is 0. The van der Waals surface area contributed by atoms with Crippen molar-refractivity contribution in [2.75, 3.05) is 0 Å². The lowest BCUT2D eigenvalue weighted by Gasteiger charge is -2.33. The lowest BCUT2D eigenvalue weighted by atomic mass is 9.97. The van der Waals surface area contributed by atoms with E-state index in [1.165, 1.54) is 0 Å². The van der Waals surface area contributed by atoms with Crippen LogP contribution in [0.4, 0.5) is 39.5 Å². The quantitative estimate of drug-likeness (QED) is 0.586. The first-order valence-electron chi connectivity index (χ1n) is 5.89. The number of nitrogens with one attached hydrogen (secondary N) is 1. The molecule has 0 radical (unpaired) electrons. The third-order valence-corrected chi connectivity index (χ3v) is 2.98. The molecule has 1 N–H and O–H groups in total. The molecule has 0 unspecified atom stereocenters. The van der Waals surface area contributed by atoms with E-state index in [-0.39, 0.29) is 5.57 Å². The van der Waals surface area contributed by atoms with E-state index < -0.39 is 55.0 Å². The van der Waals surface area contributed by atoms with Crippen LogP contribution in [0, 0.1) is 0 Å². The van der Waals surface area contributed by atoms with E-state index in [4.69, 9.17) is 0 Å². The summed E-state index contributed by atoms with van der Waals surface area (Å²) in [4.78, 5) is 21.7. The van der Waals surface area contributed by atoms with Crippen molar-refractivity contribution in [3.8, 4) is 0 Å². The number of hydrogen-bond acceptors (Lipinski definition) is 2. The van der Waals surface area contributed by atoms with Gasteiger partial charge in [-0.1, -0.05) is 0 Å². The maximum Gasteiger partial charge on any atom is 0.460 e. The zero-order valence-electron chi connectivity index (χ0n) is 10.9. The molecule has 0 bridgehead atoms. The van der Waals surface area contributed by atoms with E-state index >= 15 is 0 Å². The van der Waals surface area contributed by atoms with Gasteiger partial charge < -0.3 is 0 Å². The second kappa shape index (κ2) is 5.71. The van der Waals surface area contributed by atoms with E-state index in [2.05, 4.69) is 0 Å². The summed E-state index contributed by atoms with van der Waals surface area (Å²) in [5.74, 6) is -21.1. The van der Waals surface area contributed by atoms with Gasteiger partial charge in [0.05, 0.1) is 0 Å². The van der Waals surface area contributed by atoms with Crippen molar-refractivity contribution in [2.45, 2.75) is 43.2 Å². The summed E-state index contributed by atoms with van der Waals surface area (Å²) in [5.41, 5.74) is -0.364. The first-order valence-corrected chi connectivity index (χ1v) is 5.89. The topological polar surface area (TPSA) is 46.2 Å². The minimum atomic E-state index is -6.93. The van der Waals surface area contributed by atoms with Gasteiger partial charge in [0, 0.05) is 18.1 Å². The maximum atomic E-state index is 13.2. The average molecular weight is 357 g/mol. The van der Waals surface area contributed by atoms with E-state index in [9.17, 15) is 49.1 Å². The van der Waals surface area contributed by atoms with Crippen LogP contribution in [-0.2, 0) is 9.59 Å². The number of carbonyl (C=O) groups is 2. The summed E-state index contributed by atoms with van der Waals surface area (Å²) in [6, 6.07) is 0. The standard InChI is InChI=1S/C11H8F9NO2/c12-8(13,9(14,15)10(16,17)11(18,19)20)3-1-2-5-4-6(22)21-7(5)23/h4H,1-3H2,(H,21,22,23). The van der Waals surface area contributed by atoms with Crippen LogP contribution in [0.15, 0.2) is 11.6 Å². The van der Waals surface area contributed by atoms with Gasteiger partial charge in [-0.05, 0) is 12.8 Å². The molecule has 0 aromatic heterocycles. The van der Waals surface area contributed by atoms with Gasteiger partial charge in [0.15, 0.2) is 0 Å². The second-order valence-electron chi connectivity index (χ2n) is 4.69. The number of rotatable bonds is 6. The summed E-state index contributed by atoms with van der Waals surface area (Å²) >= 11 is 0. The molecule has 0 aromatic carbocycles. The highest BCUT2D eigenvalue weighted by atomic mass is 19.4. The molecule has 1 rings (SSSR count). The van der Waals surface area contributed by atoms with Crippen LogP contribution in [0.1, 0.15) is 19.3 Å². The molecule has 12 heteroatoms. The van der Waals surface area contributed by atoms with Crippen molar-refractivity contribution in [3.05, 3.63) is 11.6 Å². The highest BCUT2D eigenvalue weighted by Crippen LogP contribution is 2.54. The maximum absolute atomic E-state index is 13.2. The first-order chi connectivity index (χ1) is 10.1. The molecule has 0 atom stereocenters. The summed E-state index contributed by atoms with van der Waals surface area (Å²) < 4.78 is 113. The second-order valence-corrected chi connectivity index (χ2v) is 4.69. The summed E-state index contributed by atoms with van der Waals surface area (Å²) in [6.07, 6.45) is -9.89. The monoisotopic (exact) mass is 357 g/mol. The Kier molecular flexibility index (Phi) is 4.79. The molecule has 2 amide bonds. The summed E-state index contributed by atoms with van der Waals surface area (Å²) in [5, 5.41) is 1.71. The van der Waals surface area contributed by atoms with Crippen molar-refractivity contribution in [1.29, 1.82) is 0 Å². The highest BCUT2D eigenvalue weighted by Gasteiger charge is 2.81. The zero-order valence-corrected chi connectivity index (χ0v) is 10.9. The van der Waals surface area contributed by atoms with Crippen molar-refractivity contribution in [1.82, 2.24) is 5.32 Å². The Morgan fingerprint density at radius 3 is 1.78 bits per heavy atom. The smallest absolute Gasteiger partial charge is 0.289 e. The number of alkyl halides is 9. The molecule has 1 aliphatic rings. The number of hydrogen-bond donors (Lipinski definition) is 1. The lowest BCUT2D eigenvalue weighted by molar-refractivity contribution is -0.396. The predicted octanol–water partition coefficient (Wildman–Crippen LogP) is 3.21. The van der Waals surface area contributed by atoms with Gasteiger partial charge in [-0.25, -0.2) is 0 Å². The van der Waals surface area contributed by atoms with Crippen LogP contribution in [0.5, 0.6) is 0 Å². The molecule has 1 heterocycles. The predicted molar refractivity (Wildman–Crippen MR) is 56.0 cm³/mol. The Morgan fingerprint density at radius 2 is 1.39 bits per heavy atom. The van der Waals surface area contributed by atoms with E-state index in [0.717, 1.165) is 0 Å². The Morgan fingerprint density at radius 1 is 0.870 bits per heavy atom. The molecular weight excluding hydrogens is 349 g/mol. The van der Waals surface area contributed by atoms with Crippen LogP contribution >= 0.6 is 0 Å². The molecule has 0 saturated heterocycles. The van der Waals surface area contributed by atoms with Gasteiger partial charge in [-0.3, -0.25) is 14.9 Å². The number of amides is 2. The molecule has 132 valence electrons. The van der Waals surface area contributed by atoms with Crippen LogP contribution in [0.25, 0.3) is 0 Å². The zero-order chi connectivity index (χ0) is 18.3. The average Bonchev–Trinajstić information content (AvgIpc) is 2.65. The molecule has 0 spiro atoms. The summed E-state index contributed by atoms with van der Waals surface area (Å²) in [6.45, 7) is 0. The third kappa shape index (κ3) is 3.44. The van der Waals surface area contributed by atoms with Crippen LogP contribution in [0.2, 0.25) is 0 Å². The SMILES string of the molecule is O=C1C=C(CCCC(F)(F)C(F)(F)C(F)(F)C(F)(F)F)C(=O)N1.